The summed E-state index contributed by atoms with van der Waals surface area (Å²) in [6, 6.07) is 7.61. The van der Waals surface area contributed by atoms with Gasteiger partial charge in [0.15, 0.2) is 0 Å². The number of thiophene rings is 2. The fraction of sp³-hybridized carbons (Fsp3) is 0.348. The van der Waals surface area contributed by atoms with E-state index in [9.17, 15) is 9.59 Å². The number of furan rings is 1. The molecule has 1 aliphatic heterocycles. The van der Waals surface area contributed by atoms with Crippen molar-refractivity contribution in [3.63, 3.8) is 0 Å². The first-order chi connectivity index (χ1) is 15.6. The first-order valence-corrected chi connectivity index (χ1v) is 12.3. The zero-order valence-electron chi connectivity index (χ0n) is 17.7. The largest absolute Gasteiger partial charge is 0.467 e. The van der Waals surface area contributed by atoms with E-state index in [0.29, 0.717) is 34.9 Å². The molecule has 7 nitrogen and oxygen atoms in total. The summed E-state index contributed by atoms with van der Waals surface area (Å²) in [6.45, 7) is 3.24. The molecular formula is C23H23N3O4S2. The molecule has 9 heteroatoms. The maximum absolute atomic E-state index is 13.5. The summed E-state index contributed by atoms with van der Waals surface area (Å²) in [6.07, 6.45) is 3.53. The van der Waals surface area contributed by atoms with Crippen LogP contribution in [0.1, 0.15) is 24.4 Å². The summed E-state index contributed by atoms with van der Waals surface area (Å²) in [7, 11) is 0. The topological polar surface area (TPSA) is 77.6 Å². The van der Waals surface area contributed by atoms with E-state index >= 15 is 0 Å². The van der Waals surface area contributed by atoms with Crippen LogP contribution in [0.15, 0.2) is 50.5 Å². The van der Waals surface area contributed by atoms with Crippen molar-refractivity contribution in [1.29, 1.82) is 0 Å². The zero-order chi connectivity index (χ0) is 22.1. The van der Waals surface area contributed by atoms with Gasteiger partial charge in [0, 0.05) is 29.0 Å². The molecule has 32 heavy (non-hydrogen) atoms. The van der Waals surface area contributed by atoms with Gasteiger partial charge in [-0.3, -0.25) is 14.2 Å². The average molecular weight is 470 g/mol. The molecule has 0 aromatic carbocycles. The van der Waals surface area contributed by atoms with E-state index in [1.54, 1.807) is 35.5 Å². The molecule has 4 aromatic heterocycles. The van der Waals surface area contributed by atoms with Crippen LogP contribution in [0, 0.1) is 6.92 Å². The number of ether oxygens (including phenoxy) is 1. The van der Waals surface area contributed by atoms with Crippen LogP contribution in [0.4, 0.5) is 0 Å². The Balaban J connectivity index is 1.46. The molecule has 0 radical (unpaired) electrons. The second kappa shape index (κ2) is 9.01. The van der Waals surface area contributed by atoms with Crippen molar-refractivity contribution in [1.82, 2.24) is 14.5 Å². The molecule has 5 rings (SSSR count). The van der Waals surface area contributed by atoms with Gasteiger partial charge in [-0.1, -0.05) is 6.07 Å². The molecule has 0 bridgehead atoms. The SMILES string of the molecule is Cc1nc2scc(-c3cccs3)c2c(=O)n1CC(=O)N(Cc1ccco1)CC1CCCO1. The predicted molar refractivity (Wildman–Crippen MR) is 125 cm³/mol. The molecule has 1 aliphatic rings. The highest BCUT2D eigenvalue weighted by atomic mass is 32.1. The Kier molecular flexibility index (Phi) is 5.95. The number of hydrogen-bond donors (Lipinski definition) is 0. The molecule has 1 saturated heterocycles. The average Bonchev–Trinajstić information content (AvgIpc) is 3.58. The van der Waals surface area contributed by atoms with Gasteiger partial charge < -0.3 is 14.1 Å². The van der Waals surface area contributed by atoms with Gasteiger partial charge in [-0.25, -0.2) is 4.98 Å². The minimum absolute atomic E-state index is 0.00893. The number of carbonyl (C=O) groups is 1. The zero-order valence-corrected chi connectivity index (χ0v) is 19.3. The molecule has 166 valence electrons. The molecular weight excluding hydrogens is 446 g/mol. The van der Waals surface area contributed by atoms with E-state index in [1.165, 1.54) is 15.9 Å². The minimum Gasteiger partial charge on any atom is -0.467 e. The van der Waals surface area contributed by atoms with Crippen molar-refractivity contribution in [2.75, 3.05) is 13.2 Å². The predicted octanol–water partition coefficient (Wildman–Crippen LogP) is 4.30. The Labute approximate surface area is 192 Å². The van der Waals surface area contributed by atoms with Crippen LogP contribution in [-0.2, 0) is 22.6 Å². The van der Waals surface area contributed by atoms with Gasteiger partial charge in [0.25, 0.3) is 5.56 Å². The molecule has 1 amide bonds. The van der Waals surface area contributed by atoms with E-state index < -0.39 is 0 Å². The molecule has 4 aromatic rings. The lowest BCUT2D eigenvalue weighted by molar-refractivity contribution is -0.134. The fourth-order valence-corrected chi connectivity index (χ4v) is 5.84. The van der Waals surface area contributed by atoms with E-state index in [4.69, 9.17) is 9.15 Å². The Morgan fingerprint density at radius 1 is 1.31 bits per heavy atom. The Bertz CT molecular complexity index is 1270. The number of nitrogens with zero attached hydrogens (tertiary/aromatic N) is 3. The summed E-state index contributed by atoms with van der Waals surface area (Å²) < 4.78 is 12.7. The number of amides is 1. The maximum Gasteiger partial charge on any atom is 0.263 e. The highest BCUT2D eigenvalue weighted by Crippen LogP contribution is 2.33. The van der Waals surface area contributed by atoms with Crippen molar-refractivity contribution in [2.45, 2.75) is 39.0 Å². The summed E-state index contributed by atoms with van der Waals surface area (Å²) in [5.74, 6) is 1.08. The van der Waals surface area contributed by atoms with Crippen molar-refractivity contribution >= 4 is 38.8 Å². The van der Waals surface area contributed by atoms with E-state index in [0.717, 1.165) is 29.9 Å². The summed E-state index contributed by atoms with van der Waals surface area (Å²) in [5, 5.41) is 4.53. The van der Waals surface area contributed by atoms with Crippen molar-refractivity contribution in [2.24, 2.45) is 0 Å². The fourth-order valence-electron chi connectivity index (χ4n) is 4.04. The van der Waals surface area contributed by atoms with Crippen LogP contribution >= 0.6 is 22.7 Å². The molecule has 5 heterocycles. The third-order valence-corrected chi connectivity index (χ3v) is 7.47. The summed E-state index contributed by atoms with van der Waals surface area (Å²) >= 11 is 3.04. The van der Waals surface area contributed by atoms with Gasteiger partial charge in [-0.15, -0.1) is 22.7 Å². The van der Waals surface area contributed by atoms with E-state index in [1.807, 2.05) is 29.0 Å². The van der Waals surface area contributed by atoms with Crippen molar-refractivity contribution in [3.8, 4) is 10.4 Å². The third-order valence-electron chi connectivity index (χ3n) is 5.69. The Morgan fingerprint density at radius 3 is 2.94 bits per heavy atom. The lowest BCUT2D eigenvalue weighted by Gasteiger charge is -2.25. The monoisotopic (exact) mass is 469 g/mol. The Morgan fingerprint density at radius 2 is 2.22 bits per heavy atom. The van der Waals surface area contributed by atoms with Gasteiger partial charge in [0.1, 0.15) is 23.0 Å². The quantitative estimate of drug-likeness (QED) is 0.403. The maximum atomic E-state index is 13.5. The van der Waals surface area contributed by atoms with Crippen molar-refractivity contribution < 1.29 is 13.9 Å². The number of aryl methyl sites for hydroxylation is 1. The lowest BCUT2D eigenvalue weighted by atomic mass is 10.2. The Hall–Kier alpha value is -2.75. The van der Waals surface area contributed by atoms with Gasteiger partial charge in [-0.2, -0.15) is 0 Å². The highest BCUT2D eigenvalue weighted by Gasteiger charge is 2.25. The molecule has 1 atom stereocenters. The van der Waals surface area contributed by atoms with Crippen molar-refractivity contribution in [3.05, 3.63) is 63.2 Å². The summed E-state index contributed by atoms with van der Waals surface area (Å²) in [4.78, 5) is 34.9. The van der Waals surface area contributed by atoms with E-state index in [-0.39, 0.29) is 24.1 Å². The molecule has 0 saturated carbocycles. The number of carbonyl (C=O) groups excluding carboxylic acids is 1. The summed E-state index contributed by atoms with van der Waals surface area (Å²) in [5.41, 5.74) is 0.700. The normalized spacial score (nSPS) is 16.1. The van der Waals surface area contributed by atoms with Gasteiger partial charge in [-0.05, 0) is 43.3 Å². The standard InChI is InChI=1S/C23H23N3O4S2/c1-15-24-22-21(18(14-32-22)19-7-4-10-31-19)23(28)26(15)13-20(27)25(11-16-5-2-8-29-16)12-17-6-3-9-30-17/h2,4-5,7-8,10,14,17H,3,6,9,11-13H2,1H3. The van der Waals surface area contributed by atoms with Crippen LogP contribution in [-0.4, -0.2) is 39.6 Å². The van der Waals surface area contributed by atoms with Crippen LogP contribution in [0.5, 0.6) is 0 Å². The molecule has 1 fully saturated rings. The lowest BCUT2D eigenvalue weighted by Crippen LogP contribution is -2.41. The van der Waals surface area contributed by atoms with Gasteiger partial charge >= 0.3 is 0 Å². The van der Waals surface area contributed by atoms with Crippen LogP contribution in [0.3, 0.4) is 0 Å². The molecule has 1 unspecified atom stereocenters. The molecule has 0 N–H and O–H groups in total. The van der Waals surface area contributed by atoms with E-state index in [2.05, 4.69) is 4.98 Å². The number of fused-ring (bicyclic) bond motifs is 1. The first-order valence-electron chi connectivity index (χ1n) is 10.5. The number of rotatable bonds is 7. The van der Waals surface area contributed by atoms with Crippen LogP contribution < -0.4 is 5.56 Å². The molecule has 0 aliphatic carbocycles. The first kappa shape index (κ1) is 21.1. The smallest absolute Gasteiger partial charge is 0.263 e. The number of hydrogen-bond acceptors (Lipinski definition) is 7. The van der Waals surface area contributed by atoms with Crippen LogP contribution in [0.2, 0.25) is 0 Å². The third kappa shape index (κ3) is 4.15. The van der Waals surface area contributed by atoms with Crippen LogP contribution in [0.25, 0.3) is 20.7 Å². The molecule has 0 spiro atoms. The minimum atomic E-state index is -0.180. The second-order valence-electron chi connectivity index (χ2n) is 7.85. The van der Waals surface area contributed by atoms with Gasteiger partial charge in [0.05, 0.1) is 24.3 Å². The second-order valence-corrected chi connectivity index (χ2v) is 9.65. The number of aromatic nitrogens is 2. The highest BCUT2D eigenvalue weighted by molar-refractivity contribution is 7.18. The van der Waals surface area contributed by atoms with Gasteiger partial charge in [0.2, 0.25) is 5.91 Å².